The van der Waals surface area contributed by atoms with Crippen LogP contribution in [0, 0.1) is 5.92 Å². The Hall–Kier alpha value is -0.830. The second-order valence-corrected chi connectivity index (χ2v) is 5.52. The molecule has 1 aliphatic carbocycles. The summed E-state index contributed by atoms with van der Waals surface area (Å²) in [5.74, 6) is 1.18. The molecule has 0 aromatic rings. The molecule has 0 radical (unpaired) electrons. The molecular weight excluding hydrogens is 228 g/mol. The fraction of sp³-hybridized carbons (Fsp3) is 0.800. The van der Waals surface area contributed by atoms with Crippen molar-refractivity contribution >= 4 is 5.78 Å². The van der Waals surface area contributed by atoms with Crippen LogP contribution >= 0.6 is 0 Å². The van der Waals surface area contributed by atoms with Crippen LogP contribution < -0.4 is 0 Å². The molecule has 1 fully saturated rings. The topological polar surface area (TPSA) is 35.5 Å². The minimum atomic E-state index is -0.615. The van der Waals surface area contributed by atoms with Crippen molar-refractivity contribution in [3.8, 4) is 0 Å². The Kier molecular flexibility index (Phi) is 4.44. The molecule has 1 heterocycles. The quantitative estimate of drug-likeness (QED) is 0.770. The van der Waals surface area contributed by atoms with Gasteiger partial charge in [-0.05, 0) is 51.0 Å². The summed E-state index contributed by atoms with van der Waals surface area (Å²) in [6, 6.07) is 0. The first kappa shape index (κ1) is 13.6. The molecule has 18 heavy (non-hydrogen) atoms. The molecule has 0 amide bonds. The Bertz CT molecular complexity index is 331. The van der Waals surface area contributed by atoms with Crippen LogP contribution in [0.3, 0.4) is 0 Å². The Labute approximate surface area is 110 Å². The molecule has 0 aromatic heterocycles. The van der Waals surface area contributed by atoms with E-state index in [9.17, 15) is 4.79 Å². The van der Waals surface area contributed by atoms with E-state index in [1.165, 1.54) is 6.42 Å². The van der Waals surface area contributed by atoms with Gasteiger partial charge in [-0.1, -0.05) is 13.3 Å². The minimum Gasteiger partial charge on any atom is -0.490 e. The van der Waals surface area contributed by atoms with Gasteiger partial charge in [0, 0.05) is 6.61 Å². The van der Waals surface area contributed by atoms with Gasteiger partial charge in [0.25, 0.3) is 0 Å². The molecule has 0 spiro atoms. The number of Topliss-reactive ketones (excluding diaryl/α,β-unsaturated/α-hetero) is 1. The summed E-state index contributed by atoms with van der Waals surface area (Å²) in [4.78, 5) is 12.7. The van der Waals surface area contributed by atoms with Crippen LogP contribution in [0.4, 0.5) is 0 Å². The van der Waals surface area contributed by atoms with Gasteiger partial charge in [-0.2, -0.15) is 0 Å². The highest BCUT2D eigenvalue weighted by molar-refractivity contribution is 6.00. The number of hydrogen-bond acceptors (Lipinski definition) is 3. The summed E-state index contributed by atoms with van der Waals surface area (Å²) in [5, 5.41) is 0. The molecule has 3 nitrogen and oxygen atoms in total. The zero-order chi connectivity index (χ0) is 13.0. The van der Waals surface area contributed by atoms with E-state index in [2.05, 4.69) is 6.92 Å². The number of rotatable bonds is 4. The maximum Gasteiger partial charge on any atom is 0.228 e. The number of hydrogen-bond donors (Lipinski definition) is 0. The van der Waals surface area contributed by atoms with Gasteiger partial charge in [0.2, 0.25) is 5.78 Å². The lowest BCUT2D eigenvalue weighted by Gasteiger charge is -2.39. The van der Waals surface area contributed by atoms with Crippen molar-refractivity contribution in [1.82, 2.24) is 0 Å². The third-order valence-electron chi connectivity index (χ3n) is 3.95. The second-order valence-electron chi connectivity index (χ2n) is 5.52. The Morgan fingerprint density at radius 2 is 2.39 bits per heavy atom. The highest BCUT2D eigenvalue weighted by Crippen LogP contribution is 2.38. The molecule has 1 saturated carbocycles. The van der Waals surface area contributed by atoms with Crippen molar-refractivity contribution < 1.29 is 14.3 Å². The summed E-state index contributed by atoms with van der Waals surface area (Å²) in [6.45, 7) is 5.42. The summed E-state index contributed by atoms with van der Waals surface area (Å²) >= 11 is 0. The van der Waals surface area contributed by atoms with E-state index < -0.39 is 5.60 Å². The standard InChI is InChI=1S/C15H24O3/c1-3-18-15(9-6-7-12(2)11-15)14(16)13-8-4-5-10-17-13/h8,12H,3-7,9-11H2,1-2H3. The van der Waals surface area contributed by atoms with Gasteiger partial charge in [-0.3, -0.25) is 4.79 Å². The fourth-order valence-corrected chi connectivity index (χ4v) is 3.12. The maximum atomic E-state index is 12.7. The molecular formula is C15H24O3. The van der Waals surface area contributed by atoms with Crippen molar-refractivity contribution in [2.45, 2.75) is 58.0 Å². The zero-order valence-corrected chi connectivity index (χ0v) is 11.5. The molecule has 2 aliphatic rings. The second kappa shape index (κ2) is 5.87. The number of allylic oxidation sites excluding steroid dienone is 1. The maximum absolute atomic E-state index is 12.7. The van der Waals surface area contributed by atoms with E-state index >= 15 is 0 Å². The average molecular weight is 252 g/mol. The van der Waals surface area contributed by atoms with Gasteiger partial charge in [0.1, 0.15) is 5.60 Å². The lowest BCUT2D eigenvalue weighted by Crippen LogP contribution is -2.46. The van der Waals surface area contributed by atoms with Crippen LogP contribution in [0.2, 0.25) is 0 Å². The predicted octanol–water partition coefficient (Wildman–Crippen LogP) is 3.24. The molecule has 0 aromatic carbocycles. The average Bonchev–Trinajstić information content (AvgIpc) is 2.39. The summed E-state index contributed by atoms with van der Waals surface area (Å²) in [5.41, 5.74) is -0.615. The van der Waals surface area contributed by atoms with E-state index in [1.54, 1.807) is 0 Å². The first-order chi connectivity index (χ1) is 8.68. The van der Waals surface area contributed by atoms with Gasteiger partial charge in [0.05, 0.1) is 6.61 Å². The molecule has 3 heteroatoms. The van der Waals surface area contributed by atoms with Gasteiger partial charge < -0.3 is 9.47 Å². The van der Waals surface area contributed by atoms with Crippen LogP contribution in [-0.2, 0) is 14.3 Å². The van der Waals surface area contributed by atoms with Crippen molar-refractivity contribution in [2.24, 2.45) is 5.92 Å². The first-order valence-corrected chi connectivity index (χ1v) is 7.19. The first-order valence-electron chi connectivity index (χ1n) is 7.19. The van der Waals surface area contributed by atoms with Crippen LogP contribution in [0.25, 0.3) is 0 Å². The molecule has 2 atom stereocenters. The fourth-order valence-electron chi connectivity index (χ4n) is 3.12. The van der Waals surface area contributed by atoms with Gasteiger partial charge in [-0.15, -0.1) is 0 Å². The van der Waals surface area contributed by atoms with Crippen LogP contribution in [0.15, 0.2) is 11.8 Å². The SMILES string of the molecule is CCOC1(C(=O)C2=CCCCO2)CCCC(C)C1. The van der Waals surface area contributed by atoms with Gasteiger partial charge in [0.15, 0.2) is 5.76 Å². The van der Waals surface area contributed by atoms with E-state index in [-0.39, 0.29) is 5.78 Å². The van der Waals surface area contributed by atoms with E-state index in [1.807, 2.05) is 13.0 Å². The van der Waals surface area contributed by atoms with Crippen molar-refractivity contribution in [1.29, 1.82) is 0 Å². The highest BCUT2D eigenvalue weighted by Gasteiger charge is 2.44. The van der Waals surface area contributed by atoms with Crippen molar-refractivity contribution in [3.05, 3.63) is 11.8 Å². The van der Waals surface area contributed by atoms with Gasteiger partial charge in [-0.25, -0.2) is 0 Å². The van der Waals surface area contributed by atoms with Crippen molar-refractivity contribution in [3.63, 3.8) is 0 Å². The normalized spacial score (nSPS) is 32.6. The Morgan fingerprint density at radius 3 is 3.00 bits per heavy atom. The van der Waals surface area contributed by atoms with Crippen LogP contribution in [-0.4, -0.2) is 24.6 Å². The Balaban J connectivity index is 2.17. The predicted molar refractivity (Wildman–Crippen MR) is 70.3 cm³/mol. The lowest BCUT2D eigenvalue weighted by atomic mass is 9.75. The monoisotopic (exact) mass is 252 g/mol. The smallest absolute Gasteiger partial charge is 0.228 e. The van der Waals surface area contributed by atoms with Gasteiger partial charge >= 0.3 is 0 Å². The largest absolute Gasteiger partial charge is 0.490 e. The molecule has 0 bridgehead atoms. The Morgan fingerprint density at radius 1 is 1.56 bits per heavy atom. The van der Waals surface area contributed by atoms with E-state index in [4.69, 9.17) is 9.47 Å². The highest BCUT2D eigenvalue weighted by atomic mass is 16.5. The zero-order valence-electron chi connectivity index (χ0n) is 11.5. The van der Waals surface area contributed by atoms with Crippen molar-refractivity contribution in [2.75, 3.05) is 13.2 Å². The van der Waals surface area contributed by atoms with E-state index in [0.717, 1.165) is 32.1 Å². The molecule has 1 aliphatic heterocycles. The molecule has 2 unspecified atom stereocenters. The molecule has 2 rings (SSSR count). The third kappa shape index (κ3) is 2.77. The van der Waals surface area contributed by atoms with E-state index in [0.29, 0.717) is 24.9 Å². The minimum absolute atomic E-state index is 0.0793. The summed E-state index contributed by atoms with van der Waals surface area (Å²) in [6.07, 6.45) is 7.83. The number of carbonyl (C=O) groups is 1. The van der Waals surface area contributed by atoms with Crippen LogP contribution in [0.5, 0.6) is 0 Å². The number of ether oxygens (including phenoxy) is 2. The number of carbonyl (C=O) groups excluding carboxylic acids is 1. The molecule has 0 saturated heterocycles. The molecule has 0 N–H and O–H groups in total. The molecule has 102 valence electrons. The number of ketones is 1. The van der Waals surface area contributed by atoms with Crippen LogP contribution in [0.1, 0.15) is 52.4 Å². The summed E-state index contributed by atoms with van der Waals surface area (Å²) in [7, 11) is 0. The summed E-state index contributed by atoms with van der Waals surface area (Å²) < 4.78 is 11.4. The lowest BCUT2D eigenvalue weighted by molar-refractivity contribution is -0.151. The third-order valence-corrected chi connectivity index (χ3v) is 3.95.